The van der Waals surface area contributed by atoms with E-state index in [2.05, 4.69) is 16.4 Å². The molecule has 0 heterocycles. The Hall–Kier alpha value is -0.620. The topological polar surface area (TPSA) is 72.5 Å². The maximum atomic E-state index is 12.2. The van der Waals surface area contributed by atoms with E-state index in [-0.39, 0.29) is 5.41 Å². The molecule has 2 fully saturated rings. The van der Waals surface area contributed by atoms with Crippen molar-refractivity contribution in [1.29, 1.82) is 0 Å². The summed E-state index contributed by atoms with van der Waals surface area (Å²) in [5.74, 6) is -0.903. The van der Waals surface area contributed by atoms with Gasteiger partial charge in [0.25, 0.3) is 0 Å². The summed E-state index contributed by atoms with van der Waals surface area (Å²) in [6.07, 6.45) is 4.06. The van der Waals surface area contributed by atoms with Crippen molar-refractivity contribution in [2.75, 3.05) is 13.7 Å². The second-order valence-corrected chi connectivity index (χ2v) is 7.76. The zero-order valence-electron chi connectivity index (χ0n) is 10.9. The first-order valence-corrected chi connectivity index (χ1v) is 7.99. The average molecular weight is 275 g/mol. The maximum Gasteiger partial charge on any atom is 0.310 e. The molecule has 2 aliphatic rings. The van der Waals surface area contributed by atoms with Crippen LogP contribution in [-0.2, 0) is 19.6 Å². The van der Waals surface area contributed by atoms with Crippen LogP contribution in [0, 0.1) is 11.3 Å². The van der Waals surface area contributed by atoms with Gasteiger partial charge >= 0.3 is 5.97 Å². The van der Waals surface area contributed by atoms with Crippen molar-refractivity contribution in [3.8, 4) is 0 Å². The summed E-state index contributed by atoms with van der Waals surface area (Å²) in [6, 6.07) is 0. The number of hydrogen-bond acceptors (Lipinski definition) is 4. The number of carbonyl (C=O) groups is 1. The minimum Gasteiger partial charge on any atom is -0.469 e. The third kappa shape index (κ3) is 2.85. The standard InChI is InChI=1S/C12H21NO4S/c1-12(6-7-12)8-13-18(15,16)10-5-3-4-9(10)11(14)17-2/h9-10,13H,3-8H2,1-2H3. The second kappa shape index (κ2) is 4.81. The van der Waals surface area contributed by atoms with E-state index in [9.17, 15) is 13.2 Å². The van der Waals surface area contributed by atoms with Crippen LogP contribution >= 0.6 is 0 Å². The molecule has 2 saturated carbocycles. The highest BCUT2D eigenvalue weighted by molar-refractivity contribution is 7.90. The van der Waals surface area contributed by atoms with Gasteiger partial charge in [-0.1, -0.05) is 13.3 Å². The minimum absolute atomic E-state index is 0.131. The lowest BCUT2D eigenvalue weighted by Crippen LogP contribution is -2.41. The van der Waals surface area contributed by atoms with Gasteiger partial charge in [0.1, 0.15) is 0 Å². The molecule has 2 atom stereocenters. The first-order chi connectivity index (χ1) is 8.38. The predicted molar refractivity (Wildman–Crippen MR) is 67.4 cm³/mol. The Kier molecular flexibility index (Phi) is 3.69. The predicted octanol–water partition coefficient (Wildman–Crippen LogP) is 1.05. The van der Waals surface area contributed by atoms with E-state index in [0.717, 1.165) is 19.3 Å². The summed E-state index contributed by atoms with van der Waals surface area (Å²) >= 11 is 0. The van der Waals surface area contributed by atoms with Crippen molar-refractivity contribution in [3.63, 3.8) is 0 Å². The van der Waals surface area contributed by atoms with Gasteiger partial charge in [-0.15, -0.1) is 0 Å². The van der Waals surface area contributed by atoms with Crippen LogP contribution in [0.2, 0.25) is 0 Å². The lowest BCUT2D eigenvalue weighted by atomic mass is 10.1. The molecule has 0 radical (unpaired) electrons. The first kappa shape index (κ1) is 13.8. The normalized spacial score (nSPS) is 30.1. The lowest BCUT2D eigenvalue weighted by molar-refractivity contribution is -0.145. The van der Waals surface area contributed by atoms with E-state index < -0.39 is 27.2 Å². The quantitative estimate of drug-likeness (QED) is 0.761. The van der Waals surface area contributed by atoms with Gasteiger partial charge in [-0.25, -0.2) is 13.1 Å². The van der Waals surface area contributed by atoms with Crippen LogP contribution in [0.4, 0.5) is 0 Å². The molecule has 2 aliphatic carbocycles. The summed E-state index contributed by atoms with van der Waals surface area (Å²) in [6.45, 7) is 2.56. The highest BCUT2D eigenvalue weighted by atomic mass is 32.2. The van der Waals surface area contributed by atoms with Gasteiger partial charge in [-0.2, -0.15) is 0 Å². The highest BCUT2D eigenvalue weighted by Gasteiger charge is 2.44. The largest absolute Gasteiger partial charge is 0.469 e. The Morgan fingerprint density at radius 2 is 2.06 bits per heavy atom. The molecule has 2 unspecified atom stereocenters. The van der Waals surface area contributed by atoms with Crippen molar-refractivity contribution >= 4 is 16.0 Å². The fraction of sp³-hybridized carbons (Fsp3) is 0.917. The smallest absolute Gasteiger partial charge is 0.310 e. The maximum absolute atomic E-state index is 12.2. The van der Waals surface area contributed by atoms with E-state index in [0.29, 0.717) is 19.4 Å². The average Bonchev–Trinajstić information content (AvgIpc) is 2.88. The third-order valence-corrected chi connectivity index (χ3v) is 6.07. The van der Waals surface area contributed by atoms with Crippen LogP contribution in [0.5, 0.6) is 0 Å². The summed E-state index contributed by atoms with van der Waals surface area (Å²) in [7, 11) is -2.10. The van der Waals surface area contributed by atoms with E-state index in [1.165, 1.54) is 7.11 Å². The summed E-state index contributed by atoms with van der Waals surface area (Å²) in [5.41, 5.74) is 0.131. The van der Waals surface area contributed by atoms with E-state index >= 15 is 0 Å². The molecular weight excluding hydrogens is 254 g/mol. The van der Waals surface area contributed by atoms with Crippen molar-refractivity contribution in [2.24, 2.45) is 11.3 Å². The van der Waals surface area contributed by atoms with Crippen molar-refractivity contribution in [3.05, 3.63) is 0 Å². The van der Waals surface area contributed by atoms with E-state index in [1.54, 1.807) is 0 Å². The van der Waals surface area contributed by atoms with Crippen molar-refractivity contribution in [2.45, 2.75) is 44.3 Å². The Labute approximate surface area is 108 Å². The van der Waals surface area contributed by atoms with Crippen molar-refractivity contribution in [1.82, 2.24) is 4.72 Å². The van der Waals surface area contributed by atoms with Gasteiger partial charge in [-0.05, 0) is 31.1 Å². The van der Waals surface area contributed by atoms with Crippen LogP contribution in [0.25, 0.3) is 0 Å². The monoisotopic (exact) mass is 275 g/mol. The van der Waals surface area contributed by atoms with Gasteiger partial charge in [0.2, 0.25) is 10.0 Å². The molecule has 2 rings (SSSR count). The Bertz CT molecular complexity index is 427. The summed E-state index contributed by atoms with van der Waals surface area (Å²) < 4.78 is 31.8. The fourth-order valence-electron chi connectivity index (χ4n) is 2.49. The van der Waals surface area contributed by atoms with Gasteiger partial charge in [0.15, 0.2) is 0 Å². The number of esters is 1. The number of sulfonamides is 1. The van der Waals surface area contributed by atoms with Gasteiger partial charge in [0.05, 0.1) is 18.3 Å². The molecule has 0 spiro atoms. The molecule has 6 heteroatoms. The first-order valence-electron chi connectivity index (χ1n) is 6.44. The highest BCUT2D eigenvalue weighted by Crippen LogP contribution is 2.44. The summed E-state index contributed by atoms with van der Waals surface area (Å²) in [4.78, 5) is 11.6. The molecule has 0 aromatic heterocycles. The number of hydrogen-bond donors (Lipinski definition) is 1. The molecule has 18 heavy (non-hydrogen) atoms. The van der Waals surface area contributed by atoms with E-state index in [4.69, 9.17) is 0 Å². The lowest BCUT2D eigenvalue weighted by Gasteiger charge is -2.19. The van der Waals surface area contributed by atoms with Gasteiger partial charge in [-0.3, -0.25) is 4.79 Å². The molecule has 0 bridgehead atoms. The molecule has 0 aliphatic heterocycles. The van der Waals surface area contributed by atoms with Gasteiger partial charge in [0, 0.05) is 6.54 Å². The minimum atomic E-state index is -3.41. The van der Waals surface area contributed by atoms with Crippen LogP contribution in [0.15, 0.2) is 0 Å². The molecular formula is C12H21NO4S. The van der Waals surface area contributed by atoms with Gasteiger partial charge < -0.3 is 4.74 Å². The SMILES string of the molecule is COC(=O)C1CCCC1S(=O)(=O)NCC1(C)CC1. The molecule has 1 N–H and O–H groups in total. The number of nitrogens with one attached hydrogen (secondary N) is 1. The number of rotatable bonds is 5. The number of methoxy groups -OCH3 is 1. The summed E-state index contributed by atoms with van der Waals surface area (Å²) in [5, 5.41) is -0.618. The molecule has 0 saturated heterocycles. The number of carbonyl (C=O) groups excluding carboxylic acids is 1. The Morgan fingerprint density at radius 1 is 1.39 bits per heavy atom. The third-order valence-electron chi connectivity index (χ3n) is 4.16. The van der Waals surface area contributed by atoms with Crippen molar-refractivity contribution < 1.29 is 17.9 Å². The molecule has 104 valence electrons. The van der Waals surface area contributed by atoms with Crippen LogP contribution in [-0.4, -0.2) is 33.3 Å². The Morgan fingerprint density at radius 3 is 2.61 bits per heavy atom. The zero-order chi connectivity index (χ0) is 13.4. The number of ether oxygens (including phenoxy) is 1. The van der Waals surface area contributed by atoms with Crippen LogP contribution in [0.3, 0.4) is 0 Å². The molecule has 5 nitrogen and oxygen atoms in total. The fourth-order valence-corrected chi connectivity index (χ4v) is 4.41. The van der Waals surface area contributed by atoms with E-state index in [1.807, 2.05) is 0 Å². The van der Waals surface area contributed by atoms with Crippen LogP contribution < -0.4 is 4.72 Å². The molecule has 0 aromatic rings. The zero-order valence-corrected chi connectivity index (χ0v) is 11.8. The molecule has 0 aromatic carbocycles. The Balaban J connectivity index is 2.01. The van der Waals surface area contributed by atoms with Crippen LogP contribution in [0.1, 0.15) is 39.0 Å². The second-order valence-electron chi connectivity index (χ2n) is 5.78. The molecule has 0 amide bonds.